The second-order valence-corrected chi connectivity index (χ2v) is 6.17. The van der Waals surface area contributed by atoms with Gasteiger partial charge >= 0.3 is 18.0 Å². The highest BCUT2D eigenvalue weighted by Gasteiger charge is 2.34. The zero-order valence-corrected chi connectivity index (χ0v) is 13.8. The molecule has 0 unspecified atom stereocenters. The maximum atomic E-state index is 11.7. The number of alkyl carbamates (subject to hydrolysis) is 1. The first-order valence-corrected chi connectivity index (χ1v) is 8.19. The molecule has 2 N–H and O–H groups in total. The number of carbonyl (C=O) groups excluding carboxylic acids is 2. The lowest BCUT2D eigenvalue weighted by Gasteiger charge is -2.36. The van der Waals surface area contributed by atoms with Gasteiger partial charge in [-0.15, -0.1) is 0 Å². The number of rotatable bonds is 9. The Morgan fingerprint density at radius 2 is 1.65 bits per heavy atom. The number of hydrogen-bond acceptors (Lipinski definition) is 5. The van der Waals surface area contributed by atoms with E-state index in [9.17, 15) is 14.4 Å². The molecule has 0 heterocycles. The smallest absolute Gasteiger partial charge is 0.407 e. The Hall–Kier alpha value is -1.79. The van der Waals surface area contributed by atoms with Crippen LogP contribution in [-0.4, -0.2) is 42.9 Å². The van der Waals surface area contributed by atoms with Crippen LogP contribution in [0.2, 0.25) is 0 Å². The van der Waals surface area contributed by atoms with Crippen LogP contribution >= 0.6 is 0 Å². The lowest BCUT2D eigenvalue weighted by Crippen LogP contribution is -2.40. The molecule has 0 spiro atoms. The molecule has 1 rings (SSSR count). The van der Waals surface area contributed by atoms with Crippen molar-refractivity contribution >= 4 is 18.0 Å². The fraction of sp³-hybridized carbons (Fsp3) is 0.812. The Labute approximate surface area is 136 Å². The molecule has 1 fully saturated rings. The van der Waals surface area contributed by atoms with Crippen molar-refractivity contribution in [1.29, 1.82) is 0 Å². The molecule has 1 aliphatic rings. The van der Waals surface area contributed by atoms with Gasteiger partial charge in [0.15, 0.2) is 0 Å². The van der Waals surface area contributed by atoms with Crippen molar-refractivity contribution in [3.8, 4) is 0 Å². The van der Waals surface area contributed by atoms with Crippen molar-refractivity contribution in [2.75, 3.05) is 19.8 Å². The molecule has 7 heteroatoms. The van der Waals surface area contributed by atoms with E-state index >= 15 is 0 Å². The van der Waals surface area contributed by atoms with Gasteiger partial charge < -0.3 is 19.9 Å². The fourth-order valence-electron chi connectivity index (χ4n) is 2.93. The predicted molar refractivity (Wildman–Crippen MR) is 83.0 cm³/mol. The Bertz CT molecular complexity index is 403. The van der Waals surface area contributed by atoms with Gasteiger partial charge in [0, 0.05) is 13.5 Å². The van der Waals surface area contributed by atoms with E-state index in [1.54, 1.807) is 0 Å². The Kier molecular flexibility index (Phi) is 8.43. The molecule has 7 nitrogen and oxygen atoms in total. The molecule has 132 valence electrons. The molecule has 1 amide bonds. The molecule has 0 atom stereocenters. The number of aliphatic carboxylic acids is 1. The zero-order valence-electron chi connectivity index (χ0n) is 13.8. The molecule has 0 bridgehead atoms. The van der Waals surface area contributed by atoms with Gasteiger partial charge in [-0.25, -0.2) is 4.79 Å². The Balaban J connectivity index is 2.22. The molecule has 0 aromatic carbocycles. The predicted octanol–water partition coefficient (Wildman–Crippen LogP) is 2.48. The van der Waals surface area contributed by atoms with Crippen LogP contribution in [0.25, 0.3) is 0 Å². The van der Waals surface area contributed by atoms with E-state index in [2.05, 4.69) is 5.32 Å². The maximum absolute atomic E-state index is 11.7. The van der Waals surface area contributed by atoms with Gasteiger partial charge in [0.25, 0.3) is 0 Å². The van der Waals surface area contributed by atoms with Crippen LogP contribution in [0.3, 0.4) is 0 Å². The van der Waals surface area contributed by atoms with Crippen LogP contribution in [0, 0.1) is 5.41 Å². The minimum atomic E-state index is -0.826. The number of ether oxygens (including phenoxy) is 2. The summed E-state index contributed by atoms with van der Waals surface area (Å²) in [6.07, 6.45) is 5.57. The summed E-state index contributed by atoms with van der Waals surface area (Å²) in [4.78, 5) is 33.3. The average molecular weight is 329 g/mol. The third-order valence-electron chi connectivity index (χ3n) is 4.13. The first-order valence-electron chi connectivity index (χ1n) is 8.19. The highest BCUT2D eigenvalue weighted by atomic mass is 16.5. The summed E-state index contributed by atoms with van der Waals surface area (Å²) >= 11 is 0. The highest BCUT2D eigenvalue weighted by Crippen LogP contribution is 2.38. The molecule has 1 aliphatic carbocycles. The van der Waals surface area contributed by atoms with E-state index in [1.165, 1.54) is 6.92 Å². The number of amides is 1. The van der Waals surface area contributed by atoms with Crippen molar-refractivity contribution in [3.63, 3.8) is 0 Å². The van der Waals surface area contributed by atoms with Crippen LogP contribution in [0.15, 0.2) is 0 Å². The SMILES string of the molecule is CC(=O)OCCCCOC(=O)NCC1(CC(=O)O)CCCCC1. The van der Waals surface area contributed by atoms with Gasteiger partial charge in [-0.3, -0.25) is 9.59 Å². The van der Waals surface area contributed by atoms with Crippen LogP contribution in [0.5, 0.6) is 0 Å². The van der Waals surface area contributed by atoms with Gasteiger partial charge in [-0.1, -0.05) is 19.3 Å². The summed E-state index contributed by atoms with van der Waals surface area (Å²) in [6, 6.07) is 0. The summed E-state index contributed by atoms with van der Waals surface area (Å²) in [5.74, 6) is -1.15. The van der Waals surface area contributed by atoms with Crippen LogP contribution < -0.4 is 5.32 Å². The molecule has 0 aromatic heterocycles. The van der Waals surface area contributed by atoms with Crippen molar-refractivity contribution in [2.24, 2.45) is 5.41 Å². The van der Waals surface area contributed by atoms with E-state index in [1.807, 2.05) is 0 Å². The summed E-state index contributed by atoms with van der Waals surface area (Å²) in [5, 5.41) is 11.8. The summed E-state index contributed by atoms with van der Waals surface area (Å²) in [5.41, 5.74) is -0.349. The van der Waals surface area contributed by atoms with Crippen LogP contribution in [0.4, 0.5) is 4.79 Å². The number of carbonyl (C=O) groups is 3. The standard InChI is InChI=1S/C16H27NO6/c1-13(18)22-9-5-6-10-23-15(21)17-12-16(11-14(19)20)7-3-2-4-8-16/h2-12H2,1H3,(H,17,21)(H,19,20). The minimum Gasteiger partial charge on any atom is -0.481 e. The molecule has 0 saturated heterocycles. The lowest BCUT2D eigenvalue weighted by atomic mass is 9.72. The normalized spacial score (nSPS) is 16.4. The van der Waals surface area contributed by atoms with E-state index in [-0.39, 0.29) is 24.4 Å². The van der Waals surface area contributed by atoms with E-state index in [0.29, 0.717) is 26.0 Å². The van der Waals surface area contributed by atoms with Crippen LogP contribution in [0.1, 0.15) is 58.3 Å². The van der Waals surface area contributed by atoms with Gasteiger partial charge in [-0.05, 0) is 31.1 Å². The average Bonchev–Trinajstić information content (AvgIpc) is 2.49. The quantitative estimate of drug-likeness (QED) is 0.498. The Morgan fingerprint density at radius 1 is 1.04 bits per heavy atom. The number of carboxylic acids is 1. The molecule has 0 aromatic rings. The molecule has 23 heavy (non-hydrogen) atoms. The number of hydrogen-bond donors (Lipinski definition) is 2. The first kappa shape index (κ1) is 19.3. The number of esters is 1. The van der Waals surface area contributed by atoms with Crippen molar-refractivity contribution in [2.45, 2.75) is 58.3 Å². The summed E-state index contributed by atoms with van der Waals surface area (Å²) < 4.78 is 9.83. The van der Waals surface area contributed by atoms with Gasteiger partial charge in [0.2, 0.25) is 0 Å². The van der Waals surface area contributed by atoms with E-state index in [4.69, 9.17) is 14.6 Å². The van der Waals surface area contributed by atoms with Crippen molar-refractivity contribution in [1.82, 2.24) is 5.32 Å². The maximum Gasteiger partial charge on any atom is 0.407 e. The lowest BCUT2D eigenvalue weighted by molar-refractivity contribution is -0.141. The summed E-state index contributed by atoms with van der Waals surface area (Å²) in [7, 11) is 0. The monoisotopic (exact) mass is 329 g/mol. The third-order valence-corrected chi connectivity index (χ3v) is 4.13. The topological polar surface area (TPSA) is 102 Å². The first-order chi connectivity index (χ1) is 10.9. The minimum absolute atomic E-state index is 0.0790. The zero-order chi connectivity index (χ0) is 17.1. The van der Waals surface area contributed by atoms with Crippen molar-refractivity contribution in [3.05, 3.63) is 0 Å². The fourth-order valence-corrected chi connectivity index (χ4v) is 2.93. The Morgan fingerprint density at radius 3 is 2.22 bits per heavy atom. The third kappa shape index (κ3) is 8.42. The van der Waals surface area contributed by atoms with E-state index < -0.39 is 12.1 Å². The van der Waals surface area contributed by atoms with Gasteiger partial charge in [0.1, 0.15) is 0 Å². The molecular formula is C16H27NO6. The van der Waals surface area contributed by atoms with Crippen molar-refractivity contribution < 1.29 is 29.0 Å². The molecule has 0 aliphatic heterocycles. The molecular weight excluding hydrogens is 302 g/mol. The molecule has 1 saturated carbocycles. The second-order valence-electron chi connectivity index (χ2n) is 6.17. The van der Waals surface area contributed by atoms with Gasteiger partial charge in [0.05, 0.1) is 19.6 Å². The number of carboxylic acid groups (broad SMARTS) is 1. The van der Waals surface area contributed by atoms with Crippen LogP contribution in [-0.2, 0) is 19.1 Å². The van der Waals surface area contributed by atoms with Gasteiger partial charge in [-0.2, -0.15) is 0 Å². The number of nitrogens with one attached hydrogen (secondary N) is 1. The molecule has 0 radical (unpaired) electrons. The largest absolute Gasteiger partial charge is 0.481 e. The second kappa shape index (κ2) is 10.1. The summed E-state index contributed by atoms with van der Waals surface area (Å²) in [6.45, 7) is 2.26. The number of unbranched alkanes of at least 4 members (excludes halogenated alkanes) is 1. The highest BCUT2D eigenvalue weighted by molar-refractivity contribution is 5.69. The van der Waals surface area contributed by atoms with E-state index in [0.717, 1.165) is 32.1 Å².